The number of benzene rings is 1. The van der Waals surface area contributed by atoms with Crippen molar-refractivity contribution in [3.8, 4) is 16.6 Å². The summed E-state index contributed by atoms with van der Waals surface area (Å²) in [5, 5.41) is 12.7. The van der Waals surface area contributed by atoms with Crippen molar-refractivity contribution in [3.63, 3.8) is 0 Å². The molecular formula is C22H22F3N3O4S2. The molecule has 1 aromatic carbocycles. The van der Waals surface area contributed by atoms with Crippen molar-refractivity contribution in [1.82, 2.24) is 10.3 Å². The van der Waals surface area contributed by atoms with Crippen molar-refractivity contribution >= 4 is 27.1 Å². The van der Waals surface area contributed by atoms with Gasteiger partial charge in [-0.15, -0.1) is 11.3 Å². The third-order valence-electron chi connectivity index (χ3n) is 6.32. The first-order valence-corrected chi connectivity index (χ1v) is 13.0. The molecule has 4 rings (SSSR count). The van der Waals surface area contributed by atoms with Crippen LogP contribution in [0.15, 0.2) is 28.5 Å². The normalized spacial score (nSPS) is 23.9. The molecule has 1 heterocycles. The summed E-state index contributed by atoms with van der Waals surface area (Å²) >= 11 is 1.17. The van der Waals surface area contributed by atoms with Gasteiger partial charge >= 0.3 is 6.18 Å². The molecule has 0 aliphatic heterocycles. The van der Waals surface area contributed by atoms with Gasteiger partial charge in [-0.3, -0.25) is 4.79 Å². The maximum atomic E-state index is 13.9. The fourth-order valence-corrected chi connectivity index (χ4v) is 7.06. The van der Waals surface area contributed by atoms with Crippen LogP contribution in [0.25, 0.3) is 10.6 Å². The summed E-state index contributed by atoms with van der Waals surface area (Å²) in [5.74, 6) is -1.41. The van der Waals surface area contributed by atoms with E-state index in [1.54, 1.807) is 12.3 Å². The Balaban J connectivity index is 1.66. The molecule has 1 unspecified atom stereocenters. The van der Waals surface area contributed by atoms with Gasteiger partial charge in [-0.1, -0.05) is 6.07 Å². The molecule has 34 heavy (non-hydrogen) atoms. The number of carbonyl (C=O) groups is 1. The highest BCUT2D eigenvalue weighted by Crippen LogP contribution is 2.43. The van der Waals surface area contributed by atoms with Gasteiger partial charge in [-0.05, 0) is 44.7 Å². The van der Waals surface area contributed by atoms with Crippen LogP contribution in [0, 0.1) is 24.2 Å². The lowest BCUT2D eigenvalue weighted by Gasteiger charge is -2.19. The number of nitriles is 1. The number of methoxy groups -OCH3 is 1. The molecule has 0 radical (unpaired) electrons. The van der Waals surface area contributed by atoms with Gasteiger partial charge in [0.25, 0.3) is 0 Å². The fraction of sp³-hybridized carbons (Fsp3) is 0.500. The van der Waals surface area contributed by atoms with Crippen LogP contribution in [0.1, 0.15) is 36.9 Å². The molecule has 3 atom stereocenters. The molecule has 7 nitrogen and oxygen atoms in total. The second-order valence-corrected chi connectivity index (χ2v) is 11.8. The minimum absolute atomic E-state index is 0.124. The molecule has 0 bridgehead atoms. The van der Waals surface area contributed by atoms with Crippen LogP contribution in [0.5, 0.6) is 0 Å². The van der Waals surface area contributed by atoms with Gasteiger partial charge in [0.15, 0.2) is 9.84 Å². The average molecular weight is 514 g/mol. The minimum atomic E-state index is -4.91. The molecule has 2 aliphatic carbocycles. The van der Waals surface area contributed by atoms with E-state index in [2.05, 4.69) is 10.3 Å². The first kappa shape index (κ1) is 24.6. The van der Waals surface area contributed by atoms with Crippen LogP contribution >= 0.6 is 11.3 Å². The number of aromatic nitrogens is 1. The third kappa shape index (κ3) is 4.56. The zero-order valence-electron chi connectivity index (χ0n) is 18.3. The number of carbonyl (C=O) groups excluding carboxylic acids is 1. The van der Waals surface area contributed by atoms with Crippen molar-refractivity contribution in [2.45, 2.75) is 60.6 Å². The topological polar surface area (TPSA) is 109 Å². The van der Waals surface area contributed by atoms with Crippen molar-refractivity contribution in [2.24, 2.45) is 5.92 Å². The Kier molecular flexibility index (Phi) is 6.25. The highest BCUT2D eigenvalue weighted by atomic mass is 32.2. The molecule has 1 aromatic heterocycles. The van der Waals surface area contributed by atoms with E-state index in [1.165, 1.54) is 24.5 Å². The van der Waals surface area contributed by atoms with Crippen molar-refractivity contribution < 1.29 is 31.1 Å². The number of rotatable bonds is 6. The molecule has 1 N–H and O–H groups in total. The summed E-state index contributed by atoms with van der Waals surface area (Å²) < 4.78 is 73.9. The van der Waals surface area contributed by atoms with Gasteiger partial charge in [0.2, 0.25) is 5.91 Å². The van der Waals surface area contributed by atoms with Gasteiger partial charge < -0.3 is 10.1 Å². The van der Waals surface area contributed by atoms with E-state index in [4.69, 9.17) is 4.74 Å². The van der Waals surface area contributed by atoms with E-state index < -0.39 is 55.2 Å². The third-order valence-corrected chi connectivity index (χ3v) is 9.56. The van der Waals surface area contributed by atoms with E-state index in [1.807, 2.05) is 6.07 Å². The molecule has 1 amide bonds. The van der Waals surface area contributed by atoms with Gasteiger partial charge in [-0.2, -0.15) is 18.4 Å². The van der Waals surface area contributed by atoms with Gasteiger partial charge in [0, 0.05) is 23.7 Å². The van der Waals surface area contributed by atoms with Gasteiger partial charge in [-0.25, -0.2) is 13.4 Å². The monoisotopic (exact) mass is 513 g/mol. The number of amides is 1. The van der Waals surface area contributed by atoms with Crippen molar-refractivity contribution in [1.29, 1.82) is 5.26 Å². The van der Waals surface area contributed by atoms with Gasteiger partial charge in [0.05, 0.1) is 33.8 Å². The molecule has 12 heteroatoms. The molecule has 2 aromatic rings. The lowest BCUT2D eigenvalue weighted by atomic mass is 10.0. The first-order valence-electron chi connectivity index (χ1n) is 10.5. The number of nitrogens with zero attached hydrogens (tertiary/aromatic N) is 2. The average Bonchev–Trinajstić information content (AvgIpc) is 3.19. The zero-order chi connectivity index (χ0) is 24.9. The van der Waals surface area contributed by atoms with E-state index in [-0.39, 0.29) is 18.4 Å². The quantitative estimate of drug-likeness (QED) is 0.628. The minimum Gasteiger partial charge on any atom is -0.381 e. The SMILES string of the molecule is CO[C@H]1CC(S(=O)(=O)c2ccc(-c3nc(C)cs3)cc2C(F)(F)F)C[C@@H]1C(=O)NC1(C#N)CC1. The summed E-state index contributed by atoms with van der Waals surface area (Å²) in [6.45, 7) is 1.71. The molecule has 2 aliphatic rings. The van der Waals surface area contributed by atoms with Crippen LogP contribution in [0.2, 0.25) is 0 Å². The van der Waals surface area contributed by atoms with E-state index in [9.17, 15) is 31.6 Å². The van der Waals surface area contributed by atoms with Crippen LogP contribution in [-0.2, 0) is 25.5 Å². The van der Waals surface area contributed by atoms with Crippen molar-refractivity contribution in [3.05, 3.63) is 34.8 Å². The second-order valence-electron chi connectivity index (χ2n) is 8.70. The highest BCUT2D eigenvalue weighted by Gasteiger charge is 2.51. The predicted molar refractivity (Wildman–Crippen MR) is 118 cm³/mol. The summed E-state index contributed by atoms with van der Waals surface area (Å²) in [5.41, 5.74) is -1.38. The lowest BCUT2D eigenvalue weighted by Crippen LogP contribution is -2.42. The van der Waals surface area contributed by atoms with E-state index in [0.717, 1.165) is 12.1 Å². The number of hydrogen-bond donors (Lipinski definition) is 1. The number of thiazole rings is 1. The number of sulfone groups is 1. The molecule has 0 saturated heterocycles. The zero-order valence-corrected chi connectivity index (χ0v) is 20.0. The van der Waals surface area contributed by atoms with E-state index in [0.29, 0.717) is 23.5 Å². The Labute approximate surface area is 198 Å². The maximum absolute atomic E-state index is 13.9. The summed E-state index contributed by atoms with van der Waals surface area (Å²) in [7, 11) is -3.13. The molecule has 2 fully saturated rings. The summed E-state index contributed by atoms with van der Waals surface area (Å²) in [4.78, 5) is 16.1. The van der Waals surface area contributed by atoms with Gasteiger partial charge in [0.1, 0.15) is 10.5 Å². The standard InChI is InChI=1S/C22H22F3N3O4S2/c1-12-10-33-20(27-12)13-3-4-18(16(7-13)22(23,24)25)34(30,31)14-8-15(17(9-14)32-2)19(29)28-21(11-26)5-6-21/h3-4,7,10,14-15,17H,5-6,8-9H2,1-2H3,(H,28,29)/t14?,15-,17-/m0/s1. The Bertz CT molecular complexity index is 1260. The van der Waals surface area contributed by atoms with Crippen LogP contribution in [0.4, 0.5) is 13.2 Å². The van der Waals surface area contributed by atoms with Crippen LogP contribution in [-0.4, -0.2) is 43.3 Å². The maximum Gasteiger partial charge on any atom is 0.417 e. The fourth-order valence-electron chi connectivity index (χ4n) is 4.26. The smallest absolute Gasteiger partial charge is 0.381 e. The predicted octanol–water partition coefficient (Wildman–Crippen LogP) is 3.88. The highest BCUT2D eigenvalue weighted by molar-refractivity contribution is 7.92. The van der Waals surface area contributed by atoms with Crippen molar-refractivity contribution in [2.75, 3.05) is 7.11 Å². The second kappa shape index (κ2) is 8.62. The number of nitrogens with one attached hydrogen (secondary N) is 1. The molecule has 0 spiro atoms. The lowest BCUT2D eigenvalue weighted by molar-refractivity contribution is -0.139. The number of hydrogen-bond acceptors (Lipinski definition) is 7. The Hall–Kier alpha value is -2.49. The Morgan fingerprint density at radius 2 is 2.03 bits per heavy atom. The van der Waals surface area contributed by atoms with Crippen LogP contribution < -0.4 is 5.32 Å². The summed E-state index contributed by atoms with van der Waals surface area (Å²) in [6, 6.07) is 5.12. The summed E-state index contributed by atoms with van der Waals surface area (Å²) in [6.07, 6.45) is -5.02. The van der Waals surface area contributed by atoms with E-state index >= 15 is 0 Å². The molecule has 182 valence electrons. The molecular weight excluding hydrogens is 491 g/mol. The van der Waals surface area contributed by atoms with Crippen LogP contribution in [0.3, 0.4) is 0 Å². The largest absolute Gasteiger partial charge is 0.417 e. The number of ether oxygens (including phenoxy) is 1. The Morgan fingerprint density at radius 1 is 1.32 bits per heavy atom. The number of alkyl halides is 3. The molecule has 2 saturated carbocycles. The Morgan fingerprint density at radius 3 is 2.56 bits per heavy atom. The number of aryl methyl sites for hydroxylation is 1. The number of halogens is 3. The first-order chi connectivity index (χ1) is 15.9.